The Morgan fingerprint density at radius 1 is 1.33 bits per heavy atom. The van der Waals surface area contributed by atoms with Crippen LogP contribution in [0.1, 0.15) is 11.1 Å². The molecule has 0 aliphatic heterocycles. The molecule has 0 radical (unpaired) electrons. The minimum Gasteiger partial charge on any atom is -0.438 e. The largest absolute Gasteiger partial charge is 0.438 e. The van der Waals surface area contributed by atoms with Crippen LogP contribution < -0.4 is 4.74 Å². The van der Waals surface area contributed by atoms with E-state index in [1.807, 2.05) is 25.1 Å². The molecule has 0 aliphatic carbocycles. The van der Waals surface area contributed by atoms with Gasteiger partial charge in [-0.15, -0.1) is 11.6 Å². The van der Waals surface area contributed by atoms with Crippen LogP contribution in [0.25, 0.3) is 0 Å². The van der Waals surface area contributed by atoms with Gasteiger partial charge in [-0.25, -0.2) is 9.97 Å². The Morgan fingerprint density at radius 3 is 2.78 bits per heavy atom. The molecule has 3 nitrogen and oxygen atoms in total. The lowest BCUT2D eigenvalue weighted by molar-refractivity contribution is 0.453. The van der Waals surface area contributed by atoms with Crippen LogP contribution in [0.2, 0.25) is 5.15 Å². The fraction of sp³-hybridized carbons (Fsp3) is 0.167. The SMILES string of the molecule is Cc1cc(Br)ccc1Oc1ncnc(Cl)c1CCl. The Hall–Kier alpha value is -0.840. The number of benzene rings is 1. The van der Waals surface area contributed by atoms with Gasteiger partial charge in [0.25, 0.3) is 0 Å². The van der Waals surface area contributed by atoms with Crippen molar-refractivity contribution < 1.29 is 4.74 Å². The van der Waals surface area contributed by atoms with E-state index in [0.29, 0.717) is 22.3 Å². The third-order valence-corrected chi connectivity index (χ3v) is 3.42. The lowest BCUT2D eigenvalue weighted by Crippen LogP contribution is -1.97. The number of rotatable bonds is 3. The Labute approximate surface area is 123 Å². The molecule has 1 aromatic heterocycles. The molecular weight excluding hydrogens is 339 g/mol. The molecule has 18 heavy (non-hydrogen) atoms. The zero-order chi connectivity index (χ0) is 13.1. The molecule has 0 atom stereocenters. The number of aromatic nitrogens is 2. The number of hydrogen-bond acceptors (Lipinski definition) is 3. The van der Waals surface area contributed by atoms with Crippen LogP contribution in [0.15, 0.2) is 29.0 Å². The van der Waals surface area contributed by atoms with Crippen LogP contribution in [-0.2, 0) is 5.88 Å². The number of halogens is 3. The lowest BCUT2D eigenvalue weighted by Gasteiger charge is -2.11. The molecule has 2 aromatic rings. The number of ether oxygens (including phenoxy) is 1. The molecule has 94 valence electrons. The first-order valence-electron chi connectivity index (χ1n) is 5.11. The van der Waals surface area contributed by atoms with Crippen molar-refractivity contribution in [1.82, 2.24) is 9.97 Å². The van der Waals surface area contributed by atoms with Crippen molar-refractivity contribution in [3.05, 3.63) is 45.3 Å². The highest BCUT2D eigenvalue weighted by Crippen LogP contribution is 2.31. The first-order chi connectivity index (χ1) is 8.61. The van der Waals surface area contributed by atoms with Gasteiger partial charge < -0.3 is 4.74 Å². The molecular formula is C12H9BrCl2N2O. The molecule has 0 N–H and O–H groups in total. The topological polar surface area (TPSA) is 35.0 Å². The van der Waals surface area contributed by atoms with Crippen molar-refractivity contribution in [1.29, 1.82) is 0 Å². The summed E-state index contributed by atoms with van der Waals surface area (Å²) in [5.74, 6) is 1.29. The van der Waals surface area contributed by atoms with Gasteiger partial charge in [0.15, 0.2) is 0 Å². The molecule has 0 unspecified atom stereocenters. The molecule has 6 heteroatoms. The van der Waals surface area contributed by atoms with E-state index in [1.54, 1.807) is 0 Å². The summed E-state index contributed by atoms with van der Waals surface area (Å²) in [4.78, 5) is 7.93. The summed E-state index contributed by atoms with van der Waals surface area (Å²) in [6.45, 7) is 1.95. The van der Waals surface area contributed by atoms with E-state index in [0.717, 1.165) is 10.0 Å². The van der Waals surface area contributed by atoms with Gasteiger partial charge in [0.2, 0.25) is 5.88 Å². The van der Waals surface area contributed by atoms with E-state index in [-0.39, 0.29) is 5.88 Å². The summed E-state index contributed by atoms with van der Waals surface area (Å²) >= 11 is 15.2. The first-order valence-corrected chi connectivity index (χ1v) is 6.81. The second kappa shape index (κ2) is 5.87. The summed E-state index contributed by atoms with van der Waals surface area (Å²) in [5.41, 5.74) is 1.57. The van der Waals surface area contributed by atoms with Gasteiger partial charge in [0.05, 0.1) is 11.4 Å². The van der Waals surface area contributed by atoms with Crippen molar-refractivity contribution >= 4 is 39.1 Å². The maximum atomic E-state index is 5.94. The standard InChI is InChI=1S/C12H9BrCl2N2O/c1-7-4-8(13)2-3-10(7)18-12-9(5-14)11(15)16-6-17-12/h2-4,6H,5H2,1H3. The van der Waals surface area contributed by atoms with Gasteiger partial charge in [-0.2, -0.15) is 0 Å². The first kappa shape index (κ1) is 13.6. The van der Waals surface area contributed by atoms with Crippen LogP contribution in [0, 0.1) is 6.92 Å². The van der Waals surface area contributed by atoms with Gasteiger partial charge in [-0.05, 0) is 30.7 Å². The molecule has 0 bridgehead atoms. The van der Waals surface area contributed by atoms with Crippen molar-refractivity contribution in [2.24, 2.45) is 0 Å². The van der Waals surface area contributed by atoms with E-state index in [4.69, 9.17) is 27.9 Å². The van der Waals surface area contributed by atoms with E-state index in [1.165, 1.54) is 6.33 Å². The zero-order valence-electron chi connectivity index (χ0n) is 9.45. The minimum absolute atomic E-state index is 0.199. The average molecular weight is 348 g/mol. The van der Waals surface area contributed by atoms with Crippen LogP contribution in [-0.4, -0.2) is 9.97 Å². The van der Waals surface area contributed by atoms with Gasteiger partial charge >= 0.3 is 0 Å². The predicted octanol–water partition coefficient (Wildman–Crippen LogP) is 4.73. The van der Waals surface area contributed by atoms with Crippen LogP contribution in [0.3, 0.4) is 0 Å². The van der Waals surface area contributed by atoms with Crippen LogP contribution in [0.5, 0.6) is 11.6 Å². The third-order valence-electron chi connectivity index (χ3n) is 2.33. The molecule has 2 rings (SSSR count). The molecule has 0 saturated carbocycles. The van der Waals surface area contributed by atoms with E-state index < -0.39 is 0 Å². The predicted molar refractivity (Wildman–Crippen MR) is 75.6 cm³/mol. The van der Waals surface area contributed by atoms with Gasteiger partial charge in [-0.1, -0.05) is 27.5 Å². The zero-order valence-corrected chi connectivity index (χ0v) is 12.6. The summed E-state index contributed by atoms with van der Waals surface area (Å²) in [5, 5.41) is 0.310. The number of aryl methyl sites for hydroxylation is 1. The van der Waals surface area contributed by atoms with Gasteiger partial charge in [-0.3, -0.25) is 0 Å². The quantitative estimate of drug-likeness (QED) is 0.594. The normalized spacial score (nSPS) is 10.4. The maximum Gasteiger partial charge on any atom is 0.228 e. The molecule has 0 aliphatic rings. The number of alkyl halides is 1. The summed E-state index contributed by atoms with van der Waals surface area (Å²) < 4.78 is 6.72. The van der Waals surface area contributed by atoms with E-state index in [9.17, 15) is 0 Å². The Bertz CT molecular complexity index is 578. The highest BCUT2D eigenvalue weighted by molar-refractivity contribution is 9.10. The fourth-order valence-electron chi connectivity index (χ4n) is 1.41. The van der Waals surface area contributed by atoms with E-state index in [2.05, 4.69) is 25.9 Å². The van der Waals surface area contributed by atoms with E-state index >= 15 is 0 Å². The molecule has 0 spiro atoms. The van der Waals surface area contributed by atoms with Crippen LogP contribution in [0.4, 0.5) is 0 Å². The number of hydrogen-bond donors (Lipinski definition) is 0. The van der Waals surface area contributed by atoms with Crippen molar-refractivity contribution in [2.75, 3.05) is 0 Å². The monoisotopic (exact) mass is 346 g/mol. The highest BCUT2D eigenvalue weighted by Gasteiger charge is 2.12. The van der Waals surface area contributed by atoms with Crippen molar-refractivity contribution in [3.8, 4) is 11.6 Å². The Balaban J connectivity index is 2.37. The second-order valence-corrected chi connectivity index (χ2v) is 5.13. The lowest BCUT2D eigenvalue weighted by atomic mass is 10.2. The molecule has 1 aromatic carbocycles. The third kappa shape index (κ3) is 2.94. The second-order valence-electron chi connectivity index (χ2n) is 3.59. The molecule has 0 saturated heterocycles. The van der Waals surface area contributed by atoms with Crippen molar-refractivity contribution in [3.63, 3.8) is 0 Å². The summed E-state index contributed by atoms with van der Waals surface area (Å²) in [7, 11) is 0. The average Bonchev–Trinajstić information content (AvgIpc) is 2.33. The minimum atomic E-state index is 0.199. The molecule has 0 fully saturated rings. The smallest absolute Gasteiger partial charge is 0.228 e. The number of nitrogens with zero attached hydrogens (tertiary/aromatic N) is 2. The fourth-order valence-corrected chi connectivity index (χ4v) is 2.38. The van der Waals surface area contributed by atoms with Crippen molar-refractivity contribution in [2.45, 2.75) is 12.8 Å². The van der Waals surface area contributed by atoms with Crippen LogP contribution >= 0.6 is 39.1 Å². The highest BCUT2D eigenvalue weighted by atomic mass is 79.9. The summed E-state index contributed by atoms with van der Waals surface area (Å²) in [6, 6.07) is 5.71. The Morgan fingerprint density at radius 2 is 2.11 bits per heavy atom. The van der Waals surface area contributed by atoms with Gasteiger partial charge in [0.1, 0.15) is 17.2 Å². The maximum absolute atomic E-state index is 5.94. The summed E-state index contributed by atoms with van der Waals surface area (Å²) in [6.07, 6.45) is 1.35. The van der Waals surface area contributed by atoms with Gasteiger partial charge in [0, 0.05) is 4.47 Å². The Kier molecular flexibility index (Phi) is 4.43. The molecule has 0 amide bonds. The molecule has 1 heterocycles.